The van der Waals surface area contributed by atoms with Gasteiger partial charge < -0.3 is 89.8 Å². The van der Waals surface area contributed by atoms with Crippen molar-refractivity contribution in [2.75, 3.05) is 56.8 Å². The van der Waals surface area contributed by atoms with Gasteiger partial charge in [-0.1, -0.05) is 79.8 Å². The molecule has 2 saturated heterocycles. The molecule has 35 nitrogen and oxygen atoms in total. The van der Waals surface area contributed by atoms with E-state index in [0.717, 1.165) is 37.5 Å². The number of carbonyl (C=O) groups is 5. The first kappa shape index (κ1) is 81.3. The molecular formula is C68H82FN7O28S3. The lowest BCUT2D eigenvalue weighted by atomic mass is 9.80. The first-order valence-corrected chi connectivity index (χ1v) is 38.3. The summed E-state index contributed by atoms with van der Waals surface area (Å²) in [6.07, 6.45) is -16.9. The Morgan fingerprint density at radius 1 is 0.701 bits per heavy atom. The number of rotatable bonds is 32. The molecule has 0 bridgehead atoms. The van der Waals surface area contributed by atoms with Gasteiger partial charge in [-0.3, -0.25) is 28.0 Å². The van der Waals surface area contributed by atoms with Gasteiger partial charge in [-0.25, -0.2) is 18.7 Å². The molecule has 6 aromatic rings. The largest absolute Gasteiger partial charge is 0.479 e. The maximum absolute atomic E-state index is 14.7. The van der Waals surface area contributed by atoms with Gasteiger partial charge in [-0.15, -0.1) is 5.10 Å². The van der Waals surface area contributed by atoms with Gasteiger partial charge in [0.25, 0.3) is 30.4 Å². The highest BCUT2D eigenvalue weighted by molar-refractivity contribution is 7.87. The van der Waals surface area contributed by atoms with Crippen LogP contribution in [0.2, 0.25) is 0 Å². The van der Waals surface area contributed by atoms with Gasteiger partial charge in [0.2, 0.25) is 17.7 Å². The molecule has 107 heavy (non-hydrogen) atoms. The molecule has 582 valence electrons. The van der Waals surface area contributed by atoms with Crippen LogP contribution in [0.1, 0.15) is 80.3 Å². The molecule has 10 rings (SSSR count). The van der Waals surface area contributed by atoms with E-state index < -0.39 is 203 Å². The fraction of sp³-hybridized carbons (Fsp3) is 0.485. The van der Waals surface area contributed by atoms with E-state index in [9.17, 15) is 97.9 Å². The number of carboxylic acids is 1. The minimum atomic E-state index is -5.23. The standard InChI is InChI=1S/C68H82FN7O28S3/c1-36-57(80)59(82)60(83)67(99-36)104-61-49(76-32-48(74-75-76)40-15-9-16-43(69)24-40)27-42(28-50(61)101-68-63(103-66(87)39-13-6-3-7-14-39)62(58(81)52(33-77)102-68)100-51(65(85)86)23-37-10-4-2-5-11-37)64(84)71-19-18-70-54(78)34-97-20-21-98-35-55(79)73-44-17-8-12-38(22-44)31-72-47-29-45(105(88,89)90)25-41-26-46(106(91,92)93)30-53(56(41)47)107(94,95)96/h3,6-9,12-17,22,24-26,29-30,32,36-37,42,49-52,57-63,67-68,72,77,80-83H,2,4-5,10-11,18-21,23,27-28,31,33-35H2,1H3,(H,70,78)(H,71,84)(H,73,79)(H,85,86)(H,88,89,90)(H,91,92,93)(H,94,95,96)/t36-,42+,49-,50+,51-,52+,57+,58-,59+,60-,61+,62-,63+,67-,68+/m0/s1. The number of nitrogens with zero attached hydrogens (tertiary/aromatic N) is 3. The van der Waals surface area contributed by atoms with Crippen LogP contribution >= 0.6 is 0 Å². The number of hydrogen-bond acceptors (Lipinski definition) is 27. The minimum absolute atomic E-state index is 0.00763. The molecule has 0 unspecified atom stereocenters. The van der Waals surface area contributed by atoms with Crippen molar-refractivity contribution >= 4 is 82.2 Å². The number of carbonyl (C=O) groups excluding carboxylic acids is 4. The van der Waals surface area contributed by atoms with Crippen LogP contribution < -0.4 is 21.3 Å². The quantitative estimate of drug-likeness (QED) is 0.0163. The van der Waals surface area contributed by atoms with Crippen molar-refractivity contribution in [3.8, 4) is 11.3 Å². The highest BCUT2D eigenvalue weighted by atomic mass is 32.2. The Balaban J connectivity index is 0.792. The first-order valence-electron chi connectivity index (χ1n) is 34.0. The number of aliphatic hydroxyl groups excluding tert-OH is 5. The van der Waals surface area contributed by atoms with E-state index in [0.29, 0.717) is 24.5 Å². The van der Waals surface area contributed by atoms with Gasteiger partial charge in [0.05, 0.1) is 59.6 Å². The van der Waals surface area contributed by atoms with Crippen molar-refractivity contribution in [3.05, 3.63) is 126 Å². The molecule has 2 aliphatic heterocycles. The minimum Gasteiger partial charge on any atom is -0.479 e. The van der Waals surface area contributed by atoms with Crippen molar-refractivity contribution < 1.29 is 136 Å². The highest BCUT2D eigenvalue weighted by Crippen LogP contribution is 2.43. The summed E-state index contributed by atoms with van der Waals surface area (Å²) < 4.78 is 168. The van der Waals surface area contributed by atoms with Crippen LogP contribution in [0.5, 0.6) is 0 Å². The third kappa shape index (κ3) is 21.2. The number of aromatic nitrogens is 3. The second kappa shape index (κ2) is 35.9. The number of anilines is 2. The smallest absolute Gasteiger partial charge is 0.338 e. The van der Waals surface area contributed by atoms with Crippen molar-refractivity contribution in [2.45, 2.75) is 165 Å². The Bertz CT molecular complexity index is 4480. The number of ether oxygens (including phenoxy) is 8. The number of hydrogen-bond donors (Lipinski definition) is 13. The summed E-state index contributed by atoms with van der Waals surface area (Å²) in [5, 5.41) is 85.2. The monoisotopic (exact) mass is 1560 g/mol. The zero-order valence-electron chi connectivity index (χ0n) is 57.2. The summed E-state index contributed by atoms with van der Waals surface area (Å²) in [4.78, 5) is 65.0. The summed E-state index contributed by atoms with van der Waals surface area (Å²) in [6, 6.07) is 20.6. The number of fused-ring (bicyclic) bond motifs is 1. The molecule has 4 aliphatic rings. The molecule has 3 amide bonds. The van der Waals surface area contributed by atoms with Crippen LogP contribution in [-0.2, 0) is 94.0 Å². The Hall–Kier alpha value is -8.17. The number of esters is 1. The van der Waals surface area contributed by atoms with E-state index in [1.807, 2.05) is 0 Å². The van der Waals surface area contributed by atoms with Gasteiger partial charge in [0, 0.05) is 47.9 Å². The van der Waals surface area contributed by atoms with Crippen LogP contribution in [0.15, 0.2) is 124 Å². The normalized spacial score (nSPS) is 25.5. The Kier molecular flexibility index (Phi) is 27.3. The molecule has 1 aromatic heterocycles. The Morgan fingerprint density at radius 2 is 1.38 bits per heavy atom. The molecule has 4 fully saturated rings. The molecule has 3 heterocycles. The average molecular weight is 1560 g/mol. The van der Waals surface area contributed by atoms with Gasteiger partial charge in [-0.05, 0) is 104 Å². The van der Waals surface area contributed by atoms with Gasteiger partial charge in [-0.2, -0.15) is 25.3 Å². The molecular weight excluding hydrogens is 1480 g/mol. The molecule has 0 radical (unpaired) electrons. The van der Waals surface area contributed by atoms with E-state index in [1.54, 1.807) is 30.3 Å². The topological polar surface area (TPSA) is 523 Å². The molecule has 0 spiro atoms. The molecule has 2 aliphatic carbocycles. The number of amides is 3. The number of aliphatic hydroxyl groups is 5. The fourth-order valence-corrected chi connectivity index (χ4v) is 15.1. The highest BCUT2D eigenvalue weighted by Gasteiger charge is 2.55. The van der Waals surface area contributed by atoms with Crippen molar-refractivity contribution in [1.82, 2.24) is 25.6 Å². The van der Waals surface area contributed by atoms with Crippen molar-refractivity contribution in [3.63, 3.8) is 0 Å². The number of carboxylic acid groups (broad SMARTS) is 1. The summed E-state index contributed by atoms with van der Waals surface area (Å²) >= 11 is 0. The van der Waals surface area contributed by atoms with E-state index in [2.05, 4.69) is 31.6 Å². The fourth-order valence-electron chi connectivity index (χ4n) is 13.2. The van der Waals surface area contributed by atoms with Crippen LogP contribution in [0, 0.1) is 17.7 Å². The lowest BCUT2D eigenvalue weighted by molar-refractivity contribution is -0.348. The molecule has 15 atom stereocenters. The van der Waals surface area contributed by atoms with E-state index in [1.165, 1.54) is 66.3 Å². The lowest BCUT2D eigenvalue weighted by Gasteiger charge is -2.48. The van der Waals surface area contributed by atoms with Crippen molar-refractivity contribution in [2.24, 2.45) is 11.8 Å². The molecule has 13 N–H and O–H groups in total. The van der Waals surface area contributed by atoms with E-state index in [4.69, 9.17) is 37.9 Å². The summed E-state index contributed by atoms with van der Waals surface area (Å²) in [5.74, 6) is -6.12. The van der Waals surface area contributed by atoms with E-state index >= 15 is 0 Å². The zero-order valence-corrected chi connectivity index (χ0v) is 59.6. The Morgan fingerprint density at radius 3 is 2.06 bits per heavy atom. The van der Waals surface area contributed by atoms with Gasteiger partial charge >= 0.3 is 11.9 Å². The number of nitrogens with one attached hydrogen (secondary N) is 4. The number of aliphatic carboxylic acids is 1. The van der Waals surface area contributed by atoms with Crippen LogP contribution in [0.4, 0.5) is 15.8 Å². The predicted molar refractivity (Wildman–Crippen MR) is 368 cm³/mol. The van der Waals surface area contributed by atoms with Crippen LogP contribution in [0.25, 0.3) is 22.0 Å². The third-order valence-electron chi connectivity index (χ3n) is 18.6. The Labute approximate surface area is 612 Å². The van der Waals surface area contributed by atoms with Crippen LogP contribution in [0.3, 0.4) is 0 Å². The van der Waals surface area contributed by atoms with Crippen molar-refractivity contribution in [1.29, 1.82) is 0 Å². The van der Waals surface area contributed by atoms with E-state index in [-0.39, 0.29) is 86.2 Å². The van der Waals surface area contributed by atoms with Gasteiger partial charge in [0.1, 0.15) is 72.3 Å². The van der Waals surface area contributed by atoms with Gasteiger partial charge in [0.15, 0.2) is 24.8 Å². The first-order chi connectivity index (χ1) is 50.8. The second-order valence-electron chi connectivity index (χ2n) is 26.2. The summed E-state index contributed by atoms with van der Waals surface area (Å²) in [6.45, 7) is -1.43. The SMILES string of the molecule is C[C@@H]1O[C@@H](O[C@H]2[C@H](O[C@@H]3O[C@H](CO)[C@H](O)[C@H](O[C@@H](CC4CCCCC4)C(=O)O)[C@H]3OC(=O)c3ccccc3)C[C@H](C(=O)NCCNC(=O)COCCOCC(=O)Nc3cccc(CNc4cc(S(=O)(=O)O)cc5cc(S(=O)(=O)O)cc(S(=O)(=O)O)c45)c3)C[C@@H]2n2cc(-c3cccc(F)c3)nn2)[C@@H](O)[C@H](O)[C@@H]1O. The maximum Gasteiger partial charge on any atom is 0.338 e. The molecule has 5 aromatic carbocycles. The maximum atomic E-state index is 14.7. The average Bonchev–Trinajstić information content (AvgIpc) is 0.892. The molecule has 2 saturated carbocycles. The zero-order chi connectivity index (χ0) is 77.1. The second-order valence-corrected chi connectivity index (χ2v) is 30.4. The number of halogens is 1. The lowest BCUT2D eigenvalue weighted by Crippen LogP contribution is -2.64. The van der Waals surface area contributed by atoms with Crippen LogP contribution in [-0.4, -0.2) is 240 Å². The summed E-state index contributed by atoms with van der Waals surface area (Å²) in [5.41, 5.74) is 0.750. The predicted octanol–water partition coefficient (Wildman–Crippen LogP) is 2.16. The number of benzene rings is 5. The summed E-state index contributed by atoms with van der Waals surface area (Å²) in [7, 11) is -15.3. The molecule has 39 heteroatoms. The third-order valence-corrected chi connectivity index (χ3v) is 21.1.